The average molecular weight is 428 g/mol. The molecular formula is C25H24N4O3. The first-order valence-corrected chi connectivity index (χ1v) is 11.2. The fourth-order valence-electron chi connectivity index (χ4n) is 5.30. The van der Waals surface area contributed by atoms with Gasteiger partial charge in [0.25, 0.3) is 11.8 Å². The van der Waals surface area contributed by atoms with E-state index in [4.69, 9.17) is 4.42 Å². The molecule has 1 aliphatic heterocycles. The number of hydrogen-bond acceptors (Lipinski definition) is 5. The number of carbonyl (C=O) groups excluding carboxylic acids is 2. The predicted octanol–water partition coefficient (Wildman–Crippen LogP) is 3.46. The number of nitrogens with zero attached hydrogens (tertiary/aromatic N) is 3. The van der Waals surface area contributed by atoms with Gasteiger partial charge in [-0.05, 0) is 48.8 Å². The molecule has 7 heteroatoms. The summed E-state index contributed by atoms with van der Waals surface area (Å²) in [6.45, 7) is 2.17. The second-order valence-corrected chi connectivity index (χ2v) is 9.12. The Morgan fingerprint density at radius 3 is 2.94 bits per heavy atom. The van der Waals surface area contributed by atoms with E-state index in [0.717, 1.165) is 61.0 Å². The predicted molar refractivity (Wildman–Crippen MR) is 119 cm³/mol. The zero-order chi connectivity index (χ0) is 21.7. The van der Waals surface area contributed by atoms with Crippen LogP contribution in [0.15, 0.2) is 47.3 Å². The van der Waals surface area contributed by atoms with Gasteiger partial charge in [-0.15, -0.1) is 0 Å². The minimum Gasteiger partial charge on any atom is -0.449 e. The third-order valence-electron chi connectivity index (χ3n) is 7.36. The Hall–Kier alpha value is -3.48. The normalized spacial score (nSPS) is 20.5. The molecule has 32 heavy (non-hydrogen) atoms. The first kappa shape index (κ1) is 19.2. The van der Waals surface area contributed by atoms with Gasteiger partial charge in [0.15, 0.2) is 11.3 Å². The Balaban J connectivity index is 1.04. The number of piperidine rings is 1. The van der Waals surface area contributed by atoms with Gasteiger partial charge in [0.05, 0.1) is 17.5 Å². The molecule has 1 saturated heterocycles. The summed E-state index contributed by atoms with van der Waals surface area (Å²) in [6, 6.07) is 5.42. The molecule has 1 saturated carbocycles. The van der Waals surface area contributed by atoms with E-state index in [1.165, 1.54) is 0 Å². The van der Waals surface area contributed by atoms with Crippen LogP contribution in [-0.2, 0) is 6.42 Å². The van der Waals surface area contributed by atoms with E-state index < -0.39 is 0 Å². The van der Waals surface area contributed by atoms with Crippen LogP contribution in [0, 0.1) is 11.3 Å². The summed E-state index contributed by atoms with van der Waals surface area (Å²) in [6.07, 6.45) is 13.0. The number of pyridine rings is 2. The summed E-state index contributed by atoms with van der Waals surface area (Å²) in [7, 11) is 0. The van der Waals surface area contributed by atoms with Crippen molar-refractivity contribution in [2.75, 3.05) is 19.6 Å². The Morgan fingerprint density at radius 1 is 1.22 bits per heavy atom. The van der Waals surface area contributed by atoms with Gasteiger partial charge in [0.2, 0.25) is 0 Å². The van der Waals surface area contributed by atoms with E-state index in [-0.39, 0.29) is 17.2 Å². The summed E-state index contributed by atoms with van der Waals surface area (Å²) < 4.78 is 5.61. The number of likely N-dealkylation sites (tertiary alicyclic amines) is 1. The molecule has 1 N–H and O–H groups in total. The number of hydrogen-bond donors (Lipinski definition) is 1. The highest BCUT2D eigenvalue weighted by molar-refractivity contribution is 5.98. The van der Waals surface area contributed by atoms with Crippen LogP contribution in [0.4, 0.5) is 0 Å². The molecule has 0 bridgehead atoms. The van der Waals surface area contributed by atoms with Gasteiger partial charge in [-0.3, -0.25) is 19.6 Å². The van der Waals surface area contributed by atoms with E-state index in [2.05, 4.69) is 21.4 Å². The van der Waals surface area contributed by atoms with Crippen molar-refractivity contribution in [2.45, 2.75) is 25.7 Å². The summed E-state index contributed by atoms with van der Waals surface area (Å²) in [5, 5.41) is 3.91. The van der Waals surface area contributed by atoms with Gasteiger partial charge >= 0.3 is 0 Å². The molecule has 6 rings (SSSR count). The second-order valence-electron chi connectivity index (χ2n) is 9.12. The third-order valence-corrected chi connectivity index (χ3v) is 7.36. The highest BCUT2D eigenvalue weighted by atomic mass is 16.3. The molecule has 2 aliphatic carbocycles. The van der Waals surface area contributed by atoms with E-state index in [0.29, 0.717) is 23.8 Å². The van der Waals surface area contributed by atoms with Crippen molar-refractivity contribution in [3.8, 4) is 0 Å². The molecule has 2 fully saturated rings. The number of fused-ring (bicyclic) bond motifs is 2. The molecule has 7 nitrogen and oxygen atoms in total. The molecule has 2 amide bonds. The second kappa shape index (κ2) is 7.29. The first-order chi connectivity index (χ1) is 15.6. The lowest BCUT2D eigenvalue weighted by Gasteiger charge is -2.33. The Kier molecular flexibility index (Phi) is 4.38. The Bertz CT molecular complexity index is 1220. The maximum atomic E-state index is 13.1. The van der Waals surface area contributed by atoms with Crippen LogP contribution in [0.2, 0.25) is 0 Å². The number of aromatic nitrogens is 2. The molecule has 1 unspecified atom stereocenters. The molecule has 162 valence electrons. The highest BCUT2D eigenvalue weighted by Crippen LogP contribution is 2.59. The van der Waals surface area contributed by atoms with Crippen molar-refractivity contribution >= 4 is 28.9 Å². The van der Waals surface area contributed by atoms with Crippen LogP contribution in [0.1, 0.15) is 51.4 Å². The van der Waals surface area contributed by atoms with Gasteiger partial charge in [0.1, 0.15) is 0 Å². The van der Waals surface area contributed by atoms with Crippen LogP contribution in [0.3, 0.4) is 0 Å². The van der Waals surface area contributed by atoms with Crippen LogP contribution in [0.25, 0.3) is 17.0 Å². The third kappa shape index (κ3) is 3.20. The van der Waals surface area contributed by atoms with Crippen molar-refractivity contribution in [2.24, 2.45) is 11.3 Å². The lowest BCUT2D eigenvalue weighted by Crippen LogP contribution is -2.40. The van der Waals surface area contributed by atoms with Gasteiger partial charge in [-0.2, -0.15) is 0 Å². The van der Waals surface area contributed by atoms with Gasteiger partial charge < -0.3 is 14.6 Å². The largest absolute Gasteiger partial charge is 0.449 e. The SMILES string of the molecule is O=C(NCC1CC12CCN(C(=O)c1ccnc3c1C=CC3)CC2)c1cc2ccncc2o1. The lowest BCUT2D eigenvalue weighted by atomic mass is 9.90. The minimum absolute atomic E-state index is 0.106. The van der Waals surface area contributed by atoms with Crippen LogP contribution in [0.5, 0.6) is 0 Å². The summed E-state index contributed by atoms with van der Waals surface area (Å²) in [5.74, 6) is 0.704. The van der Waals surface area contributed by atoms with E-state index in [9.17, 15) is 9.59 Å². The molecule has 1 spiro atoms. The Morgan fingerprint density at radius 2 is 2.09 bits per heavy atom. The molecule has 0 aromatic carbocycles. The molecule has 0 radical (unpaired) electrons. The quantitative estimate of drug-likeness (QED) is 0.688. The minimum atomic E-state index is -0.185. The maximum absolute atomic E-state index is 13.1. The smallest absolute Gasteiger partial charge is 0.287 e. The van der Waals surface area contributed by atoms with Crippen LogP contribution in [-0.4, -0.2) is 46.3 Å². The topological polar surface area (TPSA) is 88.3 Å². The fraction of sp³-hybridized carbons (Fsp3) is 0.360. The Labute approximate surface area is 185 Å². The molecule has 3 aromatic rings. The molecular weight excluding hydrogens is 404 g/mol. The summed E-state index contributed by atoms with van der Waals surface area (Å²) >= 11 is 0. The summed E-state index contributed by atoms with van der Waals surface area (Å²) in [5.41, 5.74) is 3.60. The molecule has 4 heterocycles. The zero-order valence-electron chi connectivity index (χ0n) is 17.7. The first-order valence-electron chi connectivity index (χ1n) is 11.2. The lowest BCUT2D eigenvalue weighted by molar-refractivity contribution is 0.0668. The summed E-state index contributed by atoms with van der Waals surface area (Å²) in [4.78, 5) is 36.0. The standard InChI is InChI=1S/C25H24N4O3/c30-23(21-12-16-4-8-26-15-22(16)32-21)28-14-17-13-25(17)6-10-29(11-7-25)24(31)19-5-9-27-20-3-1-2-18(19)20/h1-2,4-5,8-9,12,15,17H,3,6-7,10-11,13-14H2,(H,28,30). The van der Waals surface area contributed by atoms with E-state index >= 15 is 0 Å². The maximum Gasteiger partial charge on any atom is 0.287 e. The number of carbonyl (C=O) groups is 2. The van der Waals surface area contributed by atoms with E-state index in [1.807, 2.05) is 23.1 Å². The van der Waals surface area contributed by atoms with Gasteiger partial charge in [-0.1, -0.05) is 12.2 Å². The number of nitrogens with one attached hydrogen (secondary N) is 1. The van der Waals surface area contributed by atoms with Crippen molar-refractivity contribution < 1.29 is 14.0 Å². The van der Waals surface area contributed by atoms with Crippen molar-refractivity contribution in [1.29, 1.82) is 0 Å². The van der Waals surface area contributed by atoms with Gasteiger partial charge in [0, 0.05) is 49.4 Å². The average Bonchev–Trinajstić information content (AvgIpc) is 3.18. The number of amides is 2. The molecule has 3 aromatic heterocycles. The number of allylic oxidation sites excluding steroid dienone is 1. The van der Waals surface area contributed by atoms with Crippen molar-refractivity contribution in [3.05, 3.63) is 65.4 Å². The van der Waals surface area contributed by atoms with Crippen molar-refractivity contribution in [1.82, 2.24) is 20.2 Å². The van der Waals surface area contributed by atoms with Crippen molar-refractivity contribution in [3.63, 3.8) is 0 Å². The van der Waals surface area contributed by atoms with Crippen LogP contribution < -0.4 is 5.32 Å². The molecule has 1 atom stereocenters. The fourth-order valence-corrected chi connectivity index (χ4v) is 5.30. The zero-order valence-corrected chi connectivity index (χ0v) is 17.7. The highest BCUT2D eigenvalue weighted by Gasteiger charge is 2.54. The van der Waals surface area contributed by atoms with Crippen LogP contribution >= 0.6 is 0 Å². The number of furan rings is 1. The molecule has 3 aliphatic rings. The van der Waals surface area contributed by atoms with E-state index in [1.54, 1.807) is 24.7 Å². The monoisotopic (exact) mass is 428 g/mol. The number of rotatable bonds is 4. The van der Waals surface area contributed by atoms with Gasteiger partial charge in [-0.25, -0.2) is 0 Å².